The van der Waals surface area contributed by atoms with Crippen LogP contribution in [0.1, 0.15) is 12.6 Å². The summed E-state index contributed by atoms with van der Waals surface area (Å²) in [4.78, 5) is 28.5. The van der Waals surface area contributed by atoms with Crippen LogP contribution in [-0.4, -0.2) is 37.6 Å². The highest BCUT2D eigenvalue weighted by atomic mass is 32.2. The second kappa shape index (κ2) is 9.83. The summed E-state index contributed by atoms with van der Waals surface area (Å²) >= 11 is 1.20. The van der Waals surface area contributed by atoms with Crippen LogP contribution in [-0.2, 0) is 16.1 Å². The number of nitrogens with zero attached hydrogens (tertiary/aromatic N) is 3. The topological polar surface area (TPSA) is 88.9 Å². The predicted octanol–water partition coefficient (Wildman–Crippen LogP) is 3.16. The minimum atomic E-state index is -0.449. The van der Waals surface area contributed by atoms with Crippen LogP contribution in [0.3, 0.4) is 0 Å². The second-order valence-electron chi connectivity index (χ2n) is 6.22. The normalized spacial score (nSPS) is 11.7. The van der Waals surface area contributed by atoms with Gasteiger partial charge in [-0.3, -0.25) is 19.3 Å². The SMILES string of the molecule is CC(SCC(=O)Nc1ccc(F)cc1)C(=O)Nc1ccn(Cc2ccccn2)n1. The number of carbonyl (C=O) groups is 2. The molecule has 2 amide bonds. The van der Waals surface area contributed by atoms with Gasteiger partial charge < -0.3 is 10.6 Å². The molecule has 0 fully saturated rings. The quantitative estimate of drug-likeness (QED) is 0.592. The number of pyridine rings is 1. The van der Waals surface area contributed by atoms with Crippen LogP contribution in [0, 0.1) is 5.82 Å². The summed E-state index contributed by atoms with van der Waals surface area (Å²) in [5, 5.41) is 9.26. The molecule has 2 aromatic heterocycles. The van der Waals surface area contributed by atoms with Gasteiger partial charge >= 0.3 is 0 Å². The molecule has 0 aliphatic rings. The molecule has 2 N–H and O–H groups in total. The van der Waals surface area contributed by atoms with Crippen molar-refractivity contribution in [3.8, 4) is 0 Å². The molecule has 3 rings (SSSR count). The number of hydrogen-bond acceptors (Lipinski definition) is 5. The Kier molecular flexibility index (Phi) is 6.96. The molecule has 7 nitrogen and oxygen atoms in total. The average Bonchev–Trinajstić information content (AvgIpc) is 3.15. The molecule has 1 atom stereocenters. The fraction of sp³-hybridized carbons (Fsp3) is 0.200. The third kappa shape index (κ3) is 6.42. The lowest BCUT2D eigenvalue weighted by molar-refractivity contribution is -0.115. The van der Waals surface area contributed by atoms with Crippen LogP contribution in [0.4, 0.5) is 15.9 Å². The Labute approximate surface area is 171 Å². The van der Waals surface area contributed by atoms with Gasteiger partial charge in [0.2, 0.25) is 11.8 Å². The molecule has 0 saturated heterocycles. The van der Waals surface area contributed by atoms with Crippen LogP contribution in [0.2, 0.25) is 0 Å². The van der Waals surface area contributed by atoms with E-state index in [9.17, 15) is 14.0 Å². The number of nitrogens with one attached hydrogen (secondary N) is 2. The maximum Gasteiger partial charge on any atom is 0.238 e. The van der Waals surface area contributed by atoms with Crippen LogP contribution in [0.15, 0.2) is 60.9 Å². The Morgan fingerprint density at radius 3 is 2.66 bits per heavy atom. The largest absolute Gasteiger partial charge is 0.325 e. The highest BCUT2D eigenvalue weighted by Crippen LogP contribution is 2.15. The first kappa shape index (κ1) is 20.5. The molecule has 0 saturated carbocycles. The number of thioether (sulfide) groups is 1. The van der Waals surface area contributed by atoms with Crippen molar-refractivity contribution >= 4 is 35.1 Å². The molecule has 0 aliphatic carbocycles. The first-order valence-electron chi connectivity index (χ1n) is 8.91. The van der Waals surface area contributed by atoms with Gasteiger partial charge in [-0.1, -0.05) is 6.07 Å². The van der Waals surface area contributed by atoms with E-state index in [2.05, 4.69) is 20.7 Å². The third-order valence-corrected chi connectivity index (χ3v) is 5.05. The first-order chi connectivity index (χ1) is 14.0. The van der Waals surface area contributed by atoms with Crippen molar-refractivity contribution in [1.82, 2.24) is 14.8 Å². The molecule has 1 aromatic carbocycles. The van der Waals surface area contributed by atoms with Gasteiger partial charge in [0.1, 0.15) is 5.82 Å². The number of amides is 2. The van der Waals surface area contributed by atoms with Crippen molar-refractivity contribution in [2.75, 3.05) is 16.4 Å². The molecule has 9 heteroatoms. The van der Waals surface area contributed by atoms with Gasteiger partial charge in [-0.05, 0) is 43.3 Å². The van der Waals surface area contributed by atoms with Crippen LogP contribution < -0.4 is 10.6 Å². The molecule has 0 radical (unpaired) electrons. The number of hydrogen-bond donors (Lipinski definition) is 2. The lowest BCUT2D eigenvalue weighted by Crippen LogP contribution is -2.25. The number of carbonyl (C=O) groups excluding carboxylic acids is 2. The summed E-state index contributed by atoms with van der Waals surface area (Å²) in [6, 6.07) is 12.9. The molecule has 1 unspecified atom stereocenters. The van der Waals surface area contributed by atoms with Crippen LogP contribution >= 0.6 is 11.8 Å². The molecular weight excluding hydrogens is 393 g/mol. The Hall–Kier alpha value is -3.20. The monoisotopic (exact) mass is 413 g/mol. The Morgan fingerprint density at radius 1 is 1.14 bits per heavy atom. The Balaban J connectivity index is 1.44. The summed E-state index contributed by atoms with van der Waals surface area (Å²) in [5.41, 5.74) is 1.37. The second-order valence-corrected chi connectivity index (χ2v) is 7.55. The minimum Gasteiger partial charge on any atom is -0.325 e. The minimum absolute atomic E-state index is 0.0973. The zero-order valence-electron chi connectivity index (χ0n) is 15.7. The molecule has 0 aliphatic heterocycles. The van der Waals surface area contributed by atoms with Crippen molar-refractivity contribution in [2.24, 2.45) is 0 Å². The molecule has 150 valence electrons. The highest BCUT2D eigenvalue weighted by Gasteiger charge is 2.16. The summed E-state index contributed by atoms with van der Waals surface area (Å²) in [5.74, 6) is -0.340. The highest BCUT2D eigenvalue weighted by molar-refractivity contribution is 8.01. The lowest BCUT2D eigenvalue weighted by atomic mass is 10.3. The van der Waals surface area contributed by atoms with E-state index in [0.29, 0.717) is 18.1 Å². The number of benzene rings is 1. The van der Waals surface area contributed by atoms with E-state index in [1.54, 1.807) is 30.1 Å². The summed E-state index contributed by atoms with van der Waals surface area (Å²) in [6.07, 6.45) is 3.48. The van der Waals surface area contributed by atoms with Gasteiger partial charge in [-0.2, -0.15) is 5.10 Å². The summed E-state index contributed by atoms with van der Waals surface area (Å²) in [7, 11) is 0. The summed E-state index contributed by atoms with van der Waals surface area (Å²) in [6.45, 7) is 2.22. The number of rotatable bonds is 8. The van der Waals surface area contributed by atoms with E-state index in [0.717, 1.165) is 5.69 Å². The first-order valence-corrected chi connectivity index (χ1v) is 9.96. The van der Waals surface area contributed by atoms with Gasteiger partial charge in [-0.15, -0.1) is 11.8 Å². The Morgan fingerprint density at radius 2 is 1.93 bits per heavy atom. The van der Waals surface area contributed by atoms with E-state index in [1.807, 2.05) is 18.2 Å². The number of anilines is 2. The fourth-order valence-corrected chi connectivity index (χ4v) is 3.09. The molecule has 2 heterocycles. The van der Waals surface area contributed by atoms with Crippen molar-refractivity contribution < 1.29 is 14.0 Å². The zero-order valence-corrected chi connectivity index (χ0v) is 16.5. The average molecular weight is 413 g/mol. The number of aromatic nitrogens is 3. The van der Waals surface area contributed by atoms with Crippen molar-refractivity contribution in [1.29, 1.82) is 0 Å². The molecule has 0 spiro atoms. The van der Waals surface area contributed by atoms with Crippen LogP contribution in [0.5, 0.6) is 0 Å². The van der Waals surface area contributed by atoms with Crippen molar-refractivity contribution in [3.63, 3.8) is 0 Å². The van der Waals surface area contributed by atoms with Gasteiger partial charge in [-0.25, -0.2) is 4.39 Å². The lowest BCUT2D eigenvalue weighted by Gasteiger charge is -2.11. The van der Waals surface area contributed by atoms with Gasteiger partial charge in [0, 0.05) is 24.1 Å². The van der Waals surface area contributed by atoms with Gasteiger partial charge in [0.05, 0.1) is 23.2 Å². The van der Waals surface area contributed by atoms with E-state index >= 15 is 0 Å². The molecule has 3 aromatic rings. The smallest absolute Gasteiger partial charge is 0.238 e. The molecule has 29 heavy (non-hydrogen) atoms. The maximum atomic E-state index is 12.9. The zero-order chi connectivity index (χ0) is 20.6. The Bertz CT molecular complexity index is 963. The van der Waals surface area contributed by atoms with Crippen molar-refractivity contribution in [2.45, 2.75) is 18.7 Å². The third-order valence-electron chi connectivity index (χ3n) is 3.90. The van der Waals surface area contributed by atoms with E-state index in [1.165, 1.54) is 36.0 Å². The summed E-state index contributed by atoms with van der Waals surface area (Å²) < 4.78 is 14.6. The maximum absolute atomic E-state index is 12.9. The molecule has 0 bridgehead atoms. The van der Waals surface area contributed by atoms with Crippen molar-refractivity contribution in [3.05, 3.63) is 72.4 Å². The van der Waals surface area contributed by atoms with Gasteiger partial charge in [0.15, 0.2) is 5.82 Å². The number of halogens is 1. The van der Waals surface area contributed by atoms with E-state index in [4.69, 9.17) is 0 Å². The predicted molar refractivity (Wildman–Crippen MR) is 111 cm³/mol. The van der Waals surface area contributed by atoms with E-state index in [-0.39, 0.29) is 23.4 Å². The van der Waals surface area contributed by atoms with Crippen LogP contribution in [0.25, 0.3) is 0 Å². The fourth-order valence-electron chi connectivity index (χ4n) is 2.41. The molecular formula is C20H20FN5O2S. The van der Waals surface area contributed by atoms with Gasteiger partial charge in [0.25, 0.3) is 0 Å². The van der Waals surface area contributed by atoms with E-state index < -0.39 is 5.25 Å². The standard InChI is InChI=1S/C20H20FN5O2S/c1-14(29-13-19(27)23-16-7-5-15(21)6-8-16)20(28)24-18-9-11-26(25-18)12-17-4-2-3-10-22-17/h2-11,14H,12-13H2,1H3,(H,23,27)(H,24,25,28).